The molecule has 96 valence electrons. The largest absolute Gasteiger partial charge is 0.298 e. The molecule has 0 fully saturated rings. The standard InChI is InChI=1S/C14H13N3OS/c1-3-12-9(2)19-14(16-12)17-13(18)11-6-4-10(8-15)5-7-11/h4-7H,3H2,1-2H3,(H,16,17,18). The smallest absolute Gasteiger partial charge is 0.257 e. The van der Waals surface area contributed by atoms with Crippen LogP contribution in [0, 0.1) is 18.3 Å². The van der Waals surface area contributed by atoms with Crippen LogP contribution < -0.4 is 5.32 Å². The molecule has 2 aromatic rings. The number of hydrogen-bond donors (Lipinski definition) is 1. The Morgan fingerprint density at radius 3 is 2.63 bits per heavy atom. The van der Waals surface area contributed by atoms with Gasteiger partial charge in [-0.1, -0.05) is 6.92 Å². The van der Waals surface area contributed by atoms with Crippen LogP contribution in [-0.2, 0) is 6.42 Å². The van der Waals surface area contributed by atoms with Crippen LogP contribution >= 0.6 is 11.3 Å². The number of hydrogen-bond acceptors (Lipinski definition) is 4. The second-order valence-corrected chi connectivity index (χ2v) is 5.22. The van der Waals surface area contributed by atoms with Crippen molar-refractivity contribution in [3.05, 3.63) is 46.0 Å². The molecule has 1 aromatic carbocycles. The summed E-state index contributed by atoms with van der Waals surface area (Å²) in [4.78, 5) is 17.5. The Labute approximate surface area is 115 Å². The van der Waals surface area contributed by atoms with Crippen molar-refractivity contribution < 1.29 is 4.79 Å². The van der Waals surface area contributed by atoms with E-state index in [4.69, 9.17) is 5.26 Å². The Bertz CT molecular complexity index is 638. The SMILES string of the molecule is CCc1nc(NC(=O)c2ccc(C#N)cc2)sc1C. The average molecular weight is 271 g/mol. The Hall–Kier alpha value is -2.19. The summed E-state index contributed by atoms with van der Waals surface area (Å²) >= 11 is 1.47. The van der Waals surface area contributed by atoms with Crippen molar-refractivity contribution in [2.75, 3.05) is 5.32 Å². The molecule has 5 heteroatoms. The maximum atomic E-state index is 12.0. The molecule has 0 aliphatic rings. The number of carbonyl (C=O) groups excluding carboxylic acids is 1. The highest BCUT2D eigenvalue weighted by atomic mass is 32.1. The van der Waals surface area contributed by atoms with Gasteiger partial charge in [-0.05, 0) is 37.6 Å². The number of thiazole rings is 1. The maximum Gasteiger partial charge on any atom is 0.257 e. The van der Waals surface area contributed by atoms with Gasteiger partial charge in [-0.15, -0.1) is 11.3 Å². The van der Waals surface area contributed by atoms with E-state index in [1.165, 1.54) is 11.3 Å². The van der Waals surface area contributed by atoms with Crippen LogP contribution in [0.3, 0.4) is 0 Å². The van der Waals surface area contributed by atoms with Gasteiger partial charge in [0.05, 0.1) is 17.3 Å². The summed E-state index contributed by atoms with van der Waals surface area (Å²) in [7, 11) is 0. The highest BCUT2D eigenvalue weighted by molar-refractivity contribution is 7.15. The summed E-state index contributed by atoms with van der Waals surface area (Å²) in [5.74, 6) is -0.208. The van der Waals surface area contributed by atoms with Crippen LogP contribution in [0.5, 0.6) is 0 Å². The third-order valence-corrected chi connectivity index (χ3v) is 3.65. The molecule has 0 aliphatic heterocycles. The van der Waals surface area contributed by atoms with Gasteiger partial charge < -0.3 is 0 Å². The third-order valence-electron chi connectivity index (χ3n) is 2.72. The van der Waals surface area contributed by atoms with Crippen LogP contribution in [0.2, 0.25) is 0 Å². The molecule has 1 amide bonds. The molecule has 19 heavy (non-hydrogen) atoms. The van der Waals surface area contributed by atoms with Gasteiger partial charge in [-0.3, -0.25) is 10.1 Å². The number of rotatable bonds is 3. The molecule has 1 heterocycles. The molecule has 0 unspecified atom stereocenters. The summed E-state index contributed by atoms with van der Waals surface area (Å²) < 4.78 is 0. The minimum atomic E-state index is -0.208. The summed E-state index contributed by atoms with van der Waals surface area (Å²) in [6.45, 7) is 4.03. The number of anilines is 1. The Morgan fingerprint density at radius 2 is 2.11 bits per heavy atom. The predicted octanol–water partition coefficient (Wildman–Crippen LogP) is 3.14. The fourth-order valence-electron chi connectivity index (χ4n) is 1.67. The second-order valence-electron chi connectivity index (χ2n) is 4.02. The highest BCUT2D eigenvalue weighted by Crippen LogP contribution is 2.22. The van der Waals surface area contributed by atoms with Crippen LogP contribution in [0.4, 0.5) is 5.13 Å². The monoisotopic (exact) mass is 271 g/mol. The lowest BCUT2D eigenvalue weighted by molar-refractivity contribution is 0.102. The molecular formula is C14H13N3OS. The first kappa shape index (κ1) is 13.2. The first-order chi connectivity index (χ1) is 9.13. The van der Waals surface area contributed by atoms with E-state index in [0.29, 0.717) is 16.3 Å². The molecule has 0 saturated heterocycles. The summed E-state index contributed by atoms with van der Waals surface area (Å²) in [5.41, 5.74) is 2.07. The van der Waals surface area contributed by atoms with Gasteiger partial charge in [-0.25, -0.2) is 4.98 Å². The lowest BCUT2D eigenvalue weighted by Gasteiger charge is -2.01. The van der Waals surface area contributed by atoms with Crippen molar-refractivity contribution >= 4 is 22.4 Å². The van der Waals surface area contributed by atoms with E-state index in [1.54, 1.807) is 24.3 Å². The zero-order valence-electron chi connectivity index (χ0n) is 10.7. The number of amides is 1. The highest BCUT2D eigenvalue weighted by Gasteiger charge is 2.10. The Balaban J connectivity index is 2.13. The predicted molar refractivity (Wildman–Crippen MR) is 75.3 cm³/mol. The number of benzene rings is 1. The van der Waals surface area contributed by atoms with Crippen LogP contribution in [0.25, 0.3) is 0 Å². The van der Waals surface area contributed by atoms with Gasteiger partial charge in [-0.2, -0.15) is 5.26 Å². The summed E-state index contributed by atoms with van der Waals surface area (Å²) in [6.07, 6.45) is 0.856. The molecule has 1 N–H and O–H groups in total. The van der Waals surface area contributed by atoms with Crippen molar-refractivity contribution in [1.82, 2.24) is 4.98 Å². The number of aryl methyl sites for hydroxylation is 2. The van der Waals surface area contributed by atoms with Gasteiger partial charge in [0.2, 0.25) is 0 Å². The van der Waals surface area contributed by atoms with Crippen molar-refractivity contribution in [2.24, 2.45) is 0 Å². The van der Waals surface area contributed by atoms with Crippen LogP contribution in [-0.4, -0.2) is 10.9 Å². The number of nitrogens with zero attached hydrogens (tertiary/aromatic N) is 2. The van der Waals surface area contributed by atoms with Gasteiger partial charge >= 0.3 is 0 Å². The Kier molecular flexibility index (Phi) is 3.93. The van der Waals surface area contributed by atoms with E-state index in [2.05, 4.69) is 10.3 Å². The zero-order chi connectivity index (χ0) is 13.8. The topological polar surface area (TPSA) is 65.8 Å². The van der Waals surface area contributed by atoms with Crippen molar-refractivity contribution in [1.29, 1.82) is 5.26 Å². The molecule has 1 aromatic heterocycles. The molecule has 0 atom stereocenters. The number of nitrogens with one attached hydrogen (secondary N) is 1. The third kappa shape index (κ3) is 2.98. The number of aromatic nitrogens is 1. The van der Waals surface area contributed by atoms with E-state index in [1.807, 2.05) is 19.9 Å². The lowest BCUT2D eigenvalue weighted by atomic mass is 10.1. The summed E-state index contributed by atoms with van der Waals surface area (Å²) in [6, 6.07) is 8.54. The van der Waals surface area contributed by atoms with Gasteiger partial charge in [0, 0.05) is 10.4 Å². The molecule has 0 spiro atoms. The van der Waals surface area contributed by atoms with E-state index in [0.717, 1.165) is 17.0 Å². The molecule has 0 radical (unpaired) electrons. The van der Waals surface area contributed by atoms with Crippen molar-refractivity contribution in [3.63, 3.8) is 0 Å². The van der Waals surface area contributed by atoms with Crippen molar-refractivity contribution in [2.45, 2.75) is 20.3 Å². The molecule has 4 nitrogen and oxygen atoms in total. The summed E-state index contributed by atoms with van der Waals surface area (Å²) in [5, 5.41) is 12.1. The molecule has 2 rings (SSSR count). The minimum absolute atomic E-state index is 0.208. The van der Waals surface area contributed by atoms with E-state index in [9.17, 15) is 4.79 Å². The molecular weight excluding hydrogens is 258 g/mol. The van der Waals surface area contributed by atoms with E-state index in [-0.39, 0.29) is 5.91 Å². The van der Waals surface area contributed by atoms with Crippen molar-refractivity contribution in [3.8, 4) is 6.07 Å². The zero-order valence-corrected chi connectivity index (χ0v) is 11.5. The average Bonchev–Trinajstić information content (AvgIpc) is 2.78. The van der Waals surface area contributed by atoms with Crippen LogP contribution in [0.15, 0.2) is 24.3 Å². The molecule has 0 aliphatic carbocycles. The lowest BCUT2D eigenvalue weighted by Crippen LogP contribution is -2.11. The molecule has 0 saturated carbocycles. The first-order valence-electron chi connectivity index (χ1n) is 5.92. The number of carbonyl (C=O) groups is 1. The van der Waals surface area contributed by atoms with Gasteiger partial charge in [0.1, 0.15) is 0 Å². The van der Waals surface area contributed by atoms with E-state index < -0.39 is 0 Å². The van der Waals surface area contributed by atoms with E-state index >= 15 is 0 Å². The van der Waals surface area contributed by atoms with Gasteiger partial charge in [0.25, 0.3) is 5.91 Å². The van der Waals surface area contributed by atoms with Crippen LogP contribution in [0.1, 0.15) is 33.4 Å². The Morgan fingerprint density at radius 1 is 1.42 bits per heavy atom. The fraction of sp³-hybridized carbons (Fsp3) is 0.214. The quantitative estimate of drug-likeness (QED) is 0.932. The normalized spacial score (nSPS) is 9.95. The second kappa shape index (κ2) is 5.63. The first-order valence-corrected chi connectivity index (χ1v) is 6.73. The maximum absolute atomic E-state index is 12.0. The number of nitriles is 1. The fourth-order valence-corrected chi connectivity index (χ4v) is 2.57. The van der Waals surface area contributed by atoms with Gasteiger partial charge in [0.15, 0.2) is 5.13 Å². The minimum Gasteiger partial charge on any atom is -0.298 e. The molecule has 0 bridgehead atoms.